The molecule has 0 amide bonds. The van der Waals surface area contributed by atoms with Gasteiger partial charge in [0.1, 0.15) is 0 Å². The Hall–Kier alpha value is -1.60. The molecular formula is C18H23F3N2O2. The van der Waals surface area contributed by atoms with Crippen molar-refractivity contribution in [2.24, 2.45) is 11.3 Å². The smallest absolute Gasteiger partial charge is 0.416 e. The van der Waals surface area contributed by atoms with E-state index in [0.717, 1.165) is 43.6 Å². The summed E-state index contributed by atoms with van der Waals surface area (Å²) in [4.78, 5) is 16.0. The molecule has 2 aliphatic rings. The number of benzene rings is 1. The van der Waals surface area contributed by atoms with Gasteiger partial charge in [-0.3, -0.25) is 9.69 Å². The molecule has 0 aromatic heterocycles. The Morgan fingerprint density at radius 3 is 2.36 bits per heavy atom. The number of carbonyl (C=O) groups is 1. The second-order valence-corrected chi connectivity index (χ2v) is 7.42. The Morgan fingerprint density at radius 1 is 1.24 bits per heavy atom. The number of halogens is 3. The van der Waals surface area contributed by atoms with Crippen LogP contribution >= 0.6 is 0 Å². The Balaban J connectivity index is 1.71. The van der Waals surface area contributed by atoms with Gasteiger partial charge in [-0.05, 0) is 50.7 Å². The average Bonchev–Trinajstić information content (AvgIpc) is 2.88. The van der Waals surface area contributed by atoms with Gasteiger partial charge in [-0.1, -0.05) is 12.1 Å². The van der Waals surface area contributed by atoms with E-state index >= 15 is 0 Å². The molecule has 2 heterocycles. The summed E-state index contributed by atoms with van der Waals surface area (Å²) in [6, 6.07) is 5.15. The van der Waals surface area contributed by atoms with Gasteiger partial charge in [0.2, 0.25) is 0 Å². The van der Waals surface area contributed by atoms with Gasteiger partial charge in [0.15, 0.2) is 0 Å². The third-order valence-electron chi connectivity index (χ3n) is 5.69. The minimum Gasteiger partial charge on any atom is -0.481 e. The Labute approximate surface area is 145 Å². The summed E-state index contributed by atoms with van der Waals surface area (Å²) < 4.78 is 38.0. The van der Waals surface area contributed by atoms with Gasteiger partial charge >= 0.3 is 12.1 Å². The number of likely N-dealkylation sites (tertiary alicyclic amines) is 2. The minimum absolute atomic E-state index is 0.218. The first-order valence-corrected chi connectivity index (χ1v) is 8.49. The number of rotatable bonds is 3. The lowest BCUT2D eigenvalue weighted by atomic mass is 9.71. The van der Waals surface area contributed by atoms with Crippen LogP contribution < -0.4 is 0 Å². The molecule has 3 rings (SSSR count). The van der Waals surface area contributed by atoms with Crippen molar-refractivity contribution in [1.82, 2.24) is 9.80 Å². The molecule has 25 heavy (non-hydrogen) atoms. The minimum atomic E-state index is -4.33. The van der Waals surface area contributed by atoms with Crippen molar-refractivity contribution in [3.63, 3.8) is 0 Å². The van der Waals surface area contributed by atoms with E-state index in [2.05, 4.69) is 9.80 Å². The highest BCUT2D eigenvalue weighted by Gasteiger charge is 2.50. The fourth-order valence-electron chi connectivity index (χ4n) is 4.16. The van der Waals surface area contributed by atoms with E-state index in [1.807, 2.05) is 7.05 Å². The first kappa shape index (κ1) is 18.2. The molecule has 7 heteroatoms. The van der Waals surface area contributed by atoms with Gasteiger partial charge in [-0.15, -0.1) is 0 Å². The van der Waals surface area contributed by atoms with Crippen LogP contribution in [0.2, 0.25) is 0 Å². The Morgan fingerprint density at radius 2 is 1.84 bits per heavy atom. The SMILES string of the molecule is CN1CCC2(CC1)CN(Cc1ccc(C(F)(F)F)cc1)C[C@H]2C(=O)O. The summed E-state index contributed by atoms with van der Waals surface area (Å²) in [6.45, 7) is 3.41. The summed E-state index contributed by atoms with van der Waals surface area (Å²) in [5.41, 5.74) is -0.0976. The lowest BCUT2D eigenvalue weighted by molar-refractivity contribution is -0.145. The Bertz CT molecular complexity index is 622. The summed E-state index contributed by atoms with van der Waals surface area (Å²) in [7, 11) is 2.04. The molecule has 0 bridgehead atoms. The zero-order chi connectivity index (χ0) is 18.2. The van der Waals surface area contributed by atoms with E-state index in [0.29, 0.717) is 19.6 Å². The fraction of sp³-hybridized carbons (Fsp3) is 0.611. The molecule has 0 unspecified atom stereocenters. The molecule has 1 aromatic carbocycles. The lowest BCUT2D eigenvalue weighted by Crippen LogP contribution is -2.44. The first-order valence-electron chi connectivity index (χ1n) is 8.49. The zero-order valence-corrected chi connectivity index (χ0v) is 14.2. The van der Waals surface area contributed by atoms with Gasteiger partial charge in [0.25, 0.3) is 0 Å². The average molecular weight is 356 g/mol. The van der Waals surface area contributed by atoms with Crippen LogP contribution in [0.25, 0.3) is 0 Å². The first-order chi connectivity index (χ1) is 11.7. The molecular weight excluding hydrogens is 333 g/mol. The molecule has 1 atom stereocenters. The topological polar surface area (TPSA) is 43.8 Å². The van der Waals surface area contributed by atoms with E-state index in [4.69, 9.17) is 0 Å². The largest absolute Gasteiger partial charge is 0.481 e. The third-order valence-corrected chi connectivity index (χ3v) is 5.69. The fourth-order valence-corrected chi connectivity index (χ4v) is 4.16. The summed E-state index contributed by atoms with van der Waals surface area (Å²) in [6.07, 6.45) is -2.63. The summed E-state index contributed by atoms with van der Waals surface area (Å²) >= 11 is 0. The van der Waals surface area contributed by atoms with Crippen molar-refractivity contribution in [2.45, 2.75) is 25.6 Å². The quantitative estimate of drug-likeness (QED) is 0.904. The van der Waals surface area contributed by atoms with Crippen LogP contribution in [0.3, 0.4) is 0 Å². The zero-order valence-electron chi connectivity index (χ0n) is 14.2. The van der Waals surface area contributed by atoms with E-state index in [-0.39, 0.29) is 5.41 Å². The van der Waals surface area contributed by atoms with Gasteiger partial charge in [-0.25, -0.2) is 0 Å². The molecule has 1 N–H and O–H groups in total. The number of carboxylic acid groups (broad SMARTS) is 1. The molecule has 4 nitrogen and oxygen atoms in total. The van der Waals surface area contributed by atoms with Crippen molar-refractivity contribution < 1.29 is 23.1 Å². The van der Waals surface area contributed by atoms with E-state index < -0.39 is 23.6 Å². The normalized spacial score (nSPS) is 24.7. The van der Waals surface area contributed by atoms with Crippen molar-refractivity contribution in [2.75, 3.05) is 33.2 Å². The monoisotopic (exact) mass is 356 g/mol. The highest BCUT2D eigenvalue weighted by Crippen LogP contribution is 2.45. The predicted octanol–water partition coefficient (Wildman–Crippen LogP) is 2.93. The van der Waals surface area contributed by atoms with Crippen molar-refractivity contribution >= 4 is 5.97 Å². The maximum atomic E-state index is 12.7. The number of piperidine rings is 1. The maximum Gasteiger partial charge on any atom is 0.416 e. The highest BCUT2D eigenvalue weighted by molar-refractivity contribution is 5.72. The van der Waals surface area contributed by atoms with E-state index in [1.165, 1.54) is 12.1 Å². The number of alkyl halides is 3. The van der Waals surface area contributed by atoms with Crippen LogP contribution in [0, 0.1) is 11.3 Å². The molecule has 1 spiro atoms. The van der Waals surface area contributed by atoms with Gasteiger partial charge < -0.3 is 10.0 Å². The second-order valence-electron chi connectivity index (χ2n) is 7.42. The predicted molar refractivity (Wildman–Crippen MR) is 87.0 cm³/mol. The van der Waals surface area contributed by atoms with E-state index in [1.54, 1.807) is 0 Å². The van der Waals surface area contributed by atoms with Gasteiger partial charge in [0.05, 0.1) is 11.5 Å². The standard InChI is InChI=1S/C18H23F3N2O2/c1-22-8-6-17(7-9-22)12-23(11-15(17)16(24)25)10-13-2-4-14(5-3-13)18(19,20)21/h2-5,15H,6-12H2,1H3,(H,24,25)/t15-/m0/s1. The molecule has 2 aliphatic heterocycles. The molecule has 0 radical (unpaired) electrons. The van der Waals surface area contributed by atoms with Crippen molar-refractivity contribution in [3.05, 3.63) is 35.4 Å². The van der Waals surface area contributed by atoms with Gasteiger partial charge in [0, 0.05) is 25.0 Å². The van der Waals surface area contributed by atoms with Crippen LogP contribution in [0.4, 0.5) is 13.2 Å². The summed E-state index contributed by atoms with van der Waals surface area (Å²) in [5.74, 6) is -1.17. The number of nitrogens with zero attached hydrogens (tertiary/aromatic N) is 2. The van der Waals surface area contributed by atoms with Gasteiger partial charge in [-0.2, -0.15) is 13.2 Å². The third kappa shape index (κ3) is 3.82. The number of carboxylic acids is 1. The van der Waals surface area contributed by atoms with Crippen LogP contribution in [-0.2, 0) is 17.5 Å². The van der Waals surface area contributed by atoms with E-state index in [9.17, 15) is 23.1 Å². The number of hydrogen-bond donors (Lipinski definition) is 1. The second kappa shape index (κ2) is 6.61. The van der Waals surface area contributed by atoms with Crippen LogP contribution in [0.1, 0.15) is 24.0 Å². The van der Waals surface area contributed by atoms with Crippen LogP contribution in [0.5, 0.6) is 0 Å². The summed E-state index contributed by atoms with van der Waals surface area (Å²) in [5, 5.41) is 9.64. The molecule has 2 saturated heterocycles. The lowest BCUT2D eigenvalue weighted by Gasteiger charge is -2.40. The van der Waals surface area contributed by atoms with Crippen LogP contribution in [0.15, 0.2) is 24.3 Å². The molecule has 138 valence electrons. The highest BCUT2D eigenvalue weighted by atomic mass is 19.4. The van der Waals surface area contributed by atoms with Crippen molar-refractivity contribution in [1.29, 1.82) is 0 Å². The molecule has 2 fully saturated rings. The van der Waals surface area contributed by atoms with Crippen molar-refractivity contribution in [3.8, 4) is 0 Å². The maximum absolute atomic E-state index is 12.7. The Kier molecular flexibility index (Phi) is 4.81. The van der Waals surface area contributed by atoms with Crippen LogP contribution in [-0.4, -0.2) is 54.1 Å². The number of hydrogen-bond acceptors (Lipinski definition) is 3. The molecule has 1 aromatic rings. The molecule has 0 aliphatic carbocycles. The molecule has 0 saturated carbocycles. The number of aliphatic carboxylic acids is 1.